The summed E-state index contributed by atoms with van der Waals surface area (Å²) < 4.78 is 45.7. The van der Waals surface area contributed by atoms with E-state index in [1.165, 1.54) is 4.90 Å². The minimum Gasteiger partial charge on any atom is -0.455 e. The fraction of sp³-hybridized carbons (Fsp3) is 0.550. The molecule has 1 unspecified atom stereocenters. The number of rotatable bonds is 6. The number of hydrogen-bond donors (Lipinski definition) is 0. The summed E-state index contributed by atoms with van der Waals surface area (Å²) in [5.74, 6) is 0.946. The number of piperidine rings is 1. The second-order valence-corrected chi connectivity index (χ2v) is 8.25. The Kier molecular flexibility index (Phi) is 6.95. The Hall–Kier alpha value is -2.23. The molecule has 10 heteroatoms. The number of carbonyl (C=O) groups excluding carboxylic acids is 1. The lowest BCUT2D eigenvalue weighted by molar-refractivity contribution is -0.141. The average molecular weight is 443 g/mol. The number of halogens is 3. The van der Waals surface area contributed by atoms with Gasteiger partial charge in [-0.05, 0) is 45.2 Å². The maximum atomic E-state index is 13.4. The summed E-state index contributed by atoms with van der Waals surface area (Å²) in [7, 11) is 1.67. The second-order valence-electron chi connectivity index (χ2n) is 7.30. The highest BCUT2D eigenvalue weighted by atomic mass is 32.2. The van der Waals surface area contributed by atoms with E-state index in [2.05, 4.69) is 9.97 Å². The first kappa shape index (κ1) is 22.5. The van der Waals surface area contributed by atoms with Crippen LogP contribution in [0.15, 0.2) is 27.8 Å². The molecule has 0 aliphatic carbocycles. The van der Waals surface area contributed by atoms with Gasteiger partial charge in [-0.1, -0.05) is 11.8 Å². The summed E-state index contributed by atoms with van der Waals surface area (Å²) >= 11 is 1.05. The summed E-state index contributed by atoms with van der Waals surface area (Å²) in [4.78, 5) is 23.6. The van der Waals surface area contributed by atoms with Crippen molar-refractivity contribution in [1.82, 2.24) is 14.9 Å². The Morgan fingerprint density at radius 1 is 1.33 bits per heavy atom. The third kappa shape index (κ3) is 5.27. The van der Waals surface area contributed by atoms with Crippen LogP contribution < -0.4 is 4.90 Å². The lowest BCUT2D eigenvalue weighted by Crippen LogP contribution is -2.38. The van der Waals surface area contributed by atoms with Crippen molar-refractivity contribution in [3.63, 3.8) is 0 Å². The Morgan fingerprint density at radius 3 is 2.77 bits per heavy atom. The molecule has 1 atom stereocenters. The zero-order valence-corrected chi connectivity index (χ0v) is 18.0. The van der Waals surface area contributed by atoms with Crippen LogP contribution >= 0.6 is 11.8 Å². The van der Waals surface area contributed by atoms with Gasteiger partial charge in [-0.15, -0.1) is 0 Å². The van der Waals surface area contributed by atoms with E-state index in [1.54, 1.807) is 19.2 Å². The quantitative estimate of drug-likeness (QED) is 0.471. The first-order chi connectivity index (χ1) is 14.2. The standard InChI is InChI=1S/C20H25F3N4O2S/c1-4-26(3)18(28)15-9-8-14(29-15)12-30-19-24-16(20(21,22)23)11-17(25-19)27-10-6-5-7-13(27)2/h8-9,11,13H,4-7,10,12H2,1-3H3. The number of nitrogens with zero attached hydrogens (tertiary/aromatic N) is 4. The highest BCUT2D eigenvalue weighted by molar-refractivity contribution is 7.98. The lowest BCUT2D eigenvalue weighted by Gasteiger charge is -2.34. The smallest absolute Gasteiger partial charge is 0.433 e. The number of carbonyl (C=O) groups is 1. The third-order valence-corrected chi connectivity index (χ3v) is 5.99. The molecule has 1 fully saturated rings. The van der Waals surface area contributed by atoms with Gasteiger partial charge in [0, 0.05) is 32.2 Å². The van der Waals surface area contributed by atoms with Crippen LogP contribution in [0, 0.1) is 0 Å². The Morgan fingerprint density at radius 2 is 2.10 bits per heavy atom. The Labute approximate surface area is 177 Å². The van der Waals surface area contributed by atoms with Gasteiger partial charge in [0.05, 0.1) is 5.75 Å². The van der Waals surface area contributed by atoms with E-state index in [0.29, 0.717) is 24.7 Å². The molecule has 0 saturated carbocycles. The highest BCUT2D eigenvalue weighted by Crippen LogP contribution is 2.34. The van der Waals surface area contributed by atoms with Gasteiger partial charge in [-0.25, -0.2) is 9.97 Å². The minimum atomic E-state index is -4.55. The Balaban J connectivity index is 1.79. The summed E-state index contributed by atoms with van der Waals surface area (Å²) in [5.41, 5.74) is -0.951. The number of alkyl halides is 3. The maximum absolute atomic E-state index is 13.4. The van der Waals surface area contributed by atoms with Crippen LogP contribution in [-0.2, 0) is 11.9 Å². The lowest BCUT2D eigenvalue weighted by atomic mass is 10.0. The van der Waals surface area contributed by atoms with E-state index in [4.69, 9.17) is 4.42 Å². The molecule has 0 bridgehead atoms. The highest BCUT2D eigenvalue weighted by Gasteiger charge is 2.35. The van der Waals surface area contributed by atoms with Crippen LogP contribution in [0.1, 0.15) is 55.1 Å². The van der Waals surface area contributed by atoms with Crippen molar-refractivity contribution in [1.29, 1.82) is 0 Å². The molecule has 6 nitrogen and oxygen atoms in total. The average Bonchev–Trinajstić information content (AvgIpc) is 3.19. The van der Waals surface area contributed by atoms with Gasteiger partial charge < -0.3 is 14.2 Å². The number of furan rings is 1. The maximum Gasteiger partial charge on any atom is 0.433 e. The predicted molar refractivity (Wildman–Crippen MR) is 109 cm³/mol. The van der Waals surface area contributed by atoms with Crippen LogP contribution in [0.5, 0.6) is 0 Å². The monoisotopic (exact) mass is 442 g/mol. The van der Waals surface area contributed by atoms with Crippen molar-refractivity contribution in [2.24, 2.45) is 0 Å². The van der Waals surface area contributed by atoms with Gasteiger partial charge in [0.1, 0.15) is 11.6 Å². The van der Waals surface area contributed by atoms with Crippen molar-refractivity contribution < 1.29 is 22.4 Å². The number of aromatic nitrogens is 2. The molecule has 164 valence electrons. The molecule has 0 radical (unpaired) electrons. The SMILES string of the molecule is CCN(C)C(=O)c1ccc(CSc2nc(N3CCCCC3C)cc(C(F)(F)F)n2)o1. The summed E-state index contributed by atoms with van der Waals surface area (Å²) in [5, 5.41) is 0.0348. The van der Waals surface area contributed by atoms with E-state index in [9.17, 15) is 18.0 Å². The molecule has 0 aromatic carbocycles. The fourth-order valence-corrected chi connectivity index (χ4v) is 3.99. The van der Waals surface area contributed by atoms with E-state index in [-0.39, 0.29) is 28.6 Å². The fourth-order valence-electron chi connectivity index (χ4n) is 3.25. The van der Waals surface area contributed by atoms with Gasteiger partial charge in [0.15, 0.2) is 16.6 Å². The molecule has 2 aromatic heterocycles. The molecule has 1 amide bonds. The zero-order chi connectivity index (χ0) is 21.9. The van der Waals surface area contributed by atoms with Crippen molar-refractivity contribution in [2.45, 2.75) is 56.2 Å². The van der Waals surface area contributed by atoms with Gasteiger partial charge in [-0.3, -0.25) is 4.79 Å². The van der Waals surface area contributed by atoms with E-state index in [1.807, 2.05) is 18.7 Å². The molecule has 1 saturated heterocycles. The number of amides is 1. The minimum absolute atomic E-state index is 0.0348. The van der Waals surface area contributed by atoms with Crippen molar-refractivity contribution in [3.05, 3.63) is 35.4 Å². The first-order valence-electron chi connectivity index (χ1n) is 9.89. The third-order valence-electron chi connectivity index (χ3n) is 5.12. The van der Waals surface area contributed by atoms with Crippen LogP contribution in [0.25, 0.3) is 0 Å². The summed E-state index contributed by atoms with van der Waals surface area (Å²) in [6.45, 7) is 5.06. The second kappa shape index (κ2) is 9.28. The normalized spacial score (nSPS) is 17.3. The van der Waals surface area contributed by atoms with Crippen LogP contribution in [0.4, 0.5) is 19.0 Å². The molecule has 1 aliphatic rings. The summed E-state index contributed by atoms with van der Waals surface area (Å²) in [6.07, 6.45) is -1.65. The molecule has 30 heavy (non-hydrogen) atoms. The van der Waals surface area contributed by atoms with Crippen molar-refractivity contribution >= 4 is 23.5 Å². The molecular weight excluding hydrogens is 417 g/mol. The van der Waals surface area contributed by atoms with Gasteiger partial charge in [0.25, 0.3) is 5.91 Å². The van der Waals surface area contributed by atoms with Crippen LogP contribution in [0.2, 0.25) is 0 Å². The van der Waals surface area contributed by atoms with Gasteiger partial charge in [-0.2, -0.15) is 13.2 Å². The topological polar surface area (TPSA) is 62.5 Å². The van der Waals surface area contributed by atoms with E-state index in [0.717, 1.165) is 37.1 Å². The van der Waals surface area contributed by atoms with E-state index < -0.39 is 11.9 Å². The molecule has 0 spiro atoms. The molecule has 3 rings (SSSR count). The summed E-state index contributed by atoms with van der Waals surface area (Å²) in [6, 6.07) is 4.36. The predicted octanol–water partition coefficient (Wildman–Crippen LogP) is 4.85. The Bertz CT molecular complexity index is 887. The van der Waals surface area contributed by atoms with Crippen molar-refractivity contribution in [3.8, 4) is 0 Å². The van der Waals surface area contributed by atoms with Crippen LogP contribution in [0.3, 0.4) is 0 Å². The zero-order valence-electron chi connectivity index (χ0n) is 17.2. The molecule has 2 aromatic rings. The molecule has 0 N–H and O–H groups in total. The number of anilines is 1. The number of hydrogen-bond acceptors (Lipinski definition) is 6. The number of thioether (sulfide) groups is 1. The molecular formula is C20H25F3N4O2S. The van der Waals surface area contributed by atoms with Gasteiger partial charge >= 0.3 is 6.18 Å². The molecule has 3 heterocycles. The largest absolute Gasteiger partial charge is 0.455 e. The van der Waals surface area contributed by atoms with Crippen LogP contribution in [-0.4, -0.2) is 47.0 Å². The van der Waals surface area contributed by atoms with Crippen molar-refractivity contribution in [2.75, 3.05) is 25.0 Å². The van der Waals surface area contributed by atoms with Gasteiger partial charge in [0.2, 0.25) is 0 Å². The van der Waals surface area contributed by atoms with E-state index >= 15 is 0 Å². The molecule has 1 aliphatic heterocycles. The first-order valence-corrected chi connectivity index (χ1v) is 10.9.